The molecule has 2 rings (SSSR count). The number of aliphatic hydroxyl groups is 1. The Labute approximate surface area is 122 Å². The molecule has 1 aliphatic carbocycles. The number of amides is 1. The average molecular weight is 300 g/mol. The molecule has 0 saturated heterocycles. The summed E-state index contributed by atoms with van der Waals surface area (Å²) in [6, 6.07) is 0. The van der Waals surface area contributed by atoms with Crippen LogP contribution < -0.4 is 5.32 Å². The second-order valence-electron chi connectivity index (χ2n) is 5.16. The van der Waals surface area contributed by atoms with E-state index in [9.17, 15) is 9.90 Å². The fourth-order valence-corrected chi connectivity index (χ4v) is 3.78. The summed E-state index contributed by atoms with van der Waals surface area (Å²) in [5.41, 5.74) is 0.975. The number of aliphatic hydroxyl groups excluding tert-OH is 1. The third-order valence-corrected chi connectivity index (χ3v) is 5.01. The van der Waals surface area contributed by atoms with Crippen LogP contribution in [0.4, 0.5) is 0 Å². The van der Waals surface area contributed by atoms with Crippen molar-refractivity contribution in [1.82, 2.24) is 10.3 Å². The number of hydrogen-bond acceptors (Lipinski definition) is 4. The number of H-pyrrole nitrogens is 1. The maximum atomic E-state index is 11.9. The molecule has 0 unspecified atom stereocenters. The van der Waals surface area contributed by atoms with E-state index in [0.29, 0.717) is 16.9 Å². The Morgan fingerprint density at radius 3 is 2.89 bits per heavy atom. The molecular formula is C13H20N2O2S2. The molecule has 1 amide bonds. The average Bonchev–Trinajstić information content (AvgIpc) is 2.67. The molecule has 0 spiro atoms. The van der Waals surface area contributed by atoms with Crippen LogP contribution in [0.2, 0.25) is 0 Å². The van der Waals surface area contributed by atoms with Crippen LogP contribution in [0.15, 0.2) is 0 Å². The van der Waals surface area contributed by atoms with Gasteiger partial charge >= 0.3 is 0 Å². The Balaban J connectivity index is 1.81. The Hall–Kier alpha value is -0.720. The quantitative estimate of drug-likeness (QED) is 0.748. The lowest BCUT2D eigenvalue weighted by Crippen LogP contribution is -2.37. The van der Waals surface area contributed by atoms with E-state index in [1.54, 1.807) is 0 Å². The summed E-state index contributed by atoms with van der Waals surface area (Å²) in [4.78, 5) is 15.9. The van der Waals surface area contributed by atoms with Gasteiger partial charge in [-0.15, -0.1) is 11.3 Å². The number of aromatic nitrogens is 1. The third-order valence-electron chi connectivity index (χ3n) is 3.68. The maximum Gasteiger partial charge on any atom is 0.225 e. The van der Waals surface area contributed by atoms with Crippen LogP contribution >= 0.6 is 23.6 Å². The van der Waals surface area contributed by atoms with Crippen LogP contribution in [0.25, 0.3) is 0 Å². The van der Waals surface area contributed by atoms with Gasteiger partial charge < -0.3 is 15.4 Å². The van der Waals surface area contributed by atoms with Crippen molar-refractivity contribution in [3.05, 3.63) is 14.5 Å². The van der Waals surface area contributed by atoms with E-state index >= 15 is 0 Å². The van der Waals surface area contributed by atoms with Crippen molar-refractivity contribution in [1.29, 1.82) is 0 Å². The summed E-state index contributed by atoms with van der Waals surface area (Å²) in [5, 5.41) is 12.8. The number of carbonyl (C=O) groups is 1. The van der Waals surface area contributed by atoms with E-state index in [-0.39, 0.29) is 17.9 Å². The van der Waals surface area contributed by atoms with Crippen molar-refractivity contribution < 1.29 is 9.90 Å². The Morgan fingerprint density at radius 2 is 2.26 bits per heavy atom. The molecule has 0 aliphatic heterocycles. The van der Waals surface area contributed by atoms with E-state index in [1.807, 2.05) is 6.92 Å². The van der Waals surface area contributed by atoms with Crippen molar-refractivity contribution in [3.63, 3.8) is 0 Å². The number of nitrogens with one attached hydrogen (secondary N) is 2. The van der Waals surface area contributed by atoms with Gasteiger partial charge in [0, 0.05) is 23.0 Å². The Bertz CT molecular complexity index is 495. The monoisotopic (exact) mass is 300 g/mol. The summed E-state index contributed by atoms with van der Waals surface area (Å²) < 4.78 is 0.711. The second-order valence-corrected chi connectivity index (χ2v) is 6.93. The SMILES string of the molecule is Cc1[nH]c(=S)sc1CC(=O)NC[C@H]1CCCC[C@@H]1O. The predicted molar refractivity (Wildman–Crippen MR) is 78.9 cm³/mol. The number of aromatic amines is 1. The fraction of sp³-hybridized carbons (Fsp3) is 0.692. The first kappa shape index (κ1) is 14.7. The summed E-state index contributed by atoms with van der Waals surface area (Å²) in [7, 11) is 0. The van der Waals surface area contributed by atoms with Crippen LogP contribution in [0, 0.1) is 16.8 Å². The fourth-order valence-electron chi connectivity index (χ4n) is 2.48. The molecule has 1 aliphatic rings. The van der Waals surface area contributed by atoms with Gasteiger partial charge in [0.15, 0.2) is 3.95 Å². The number of hydrogen-bond donors (Lipinski definition) is 3. The summed E-state index contributed by atoms with van der Waals surface area (Å²) in [5.74, 6) is 0.217. The number of rotatable bonds is 4. The normalized spacial score (nSPS) is 23.3. The molecule has 19 heavy (non-hydrogen) atoms. The molecule has 0 radical (unpaired) electrons. The molecular weight excluding hydrogens is 280 g/mol. The molecule has 0 bridgehead atoms. The minimum atomic E-state index is -0.259. The highest BCUT2D eigenvalue weighted by Gasteiger charge is 2.23. The zero-order valence-corrected chi connectivity index (χ0v) is 12.7. The molecule has 1 aromatic rings. The molecule has 2 atom stereocenters. The van der Waals surface area contributed by atoms with E-state index < -0.39 is 0 Å². The van der Waals surface area contributed by atoms with E-state index in [1.165, 1.54) is 11.3 Å². The van der Waals surface area contributed by atoms with Gasteiger partial charge in [0.2, 0.25) is 5.91 Å². The van der Waals surface area contributed by atoms with Gasteiger partial charge in [-0.05, 0) is 32.0 Å². The summed E-state index contributed by atoms with van der Waals surface area (Å²) in [6.07, 6.45) is 4.22. The number of thiazole rings is 1. The van der Waals surface area contributed by atoms with Crippen LogP contribution in [-0.4, -0.2) is 28.6 Å². The first-order chi connectivity index (χ1) is 9.06. The lowest BCUT2D eigenvalue weighted by atomic mass is 9.86. The van der Waals surface area contributed by atoms with E-state index in [4.69, 9.17) is 12.2 Å². The first-order valence-corrected chi connectivity index (χ1v) is 7.92. The first-order valence-electron chi connectivity index (χ1n) is 6.69. The van der Waals surface area contributed by atoms with Gasteiger partial charge in [0.05, 0.1) is 12.5 Å². The third kappa shape index (κ3) is 4.12. The van der Waals surface area contributed by atoms with Crippen molar-refractivity contribution in [3.8, 4) is 0 Å². The predicted octanol–water partition coefficient (Wildman–Crippen LogP) is 2.32. The van der Waals surface area contributed by atoms with Gasteiger partial charge in [-0.25, -0.2) is 0 Å². The molecule has 1 heterocycles. The molecule has 106 valence electrons. The minimum absolute atomic E-state index is 0.00567. The largest absolute Gasteiger partial charge is 0.393 e. The van der Waals surface area contributed by atoms with Crippen LogP contribution in [0.1, 0.15) is 36.3 Å². The Kier molecular flexibility index (Phi) is 5.13. The van der Waals surface area contributed by atoms with Gasteiger partial charge in [-0.3, -0.25) is 4.79 Å². The van der Waals surface area contributed by atoms with E-state index in [0.717, 1.165) is 36.3 Å². The lowest BCUT2D eigenvalue weighted by Gasteiger charge is -2.27. The highest BCUT2D eigenvalue weighted by atomic mass is 32.1. The highest BCUT2D eigenvalue weighted by molar-refractivity contribution is 7.73. The van der Waals surface area contributed by atoms with Crippen molar-refractivity contribution in [2.75, 3.05) is 6.54 Å². The molecule has 0 aromatic carbocycles. The maximum absolute atomic E-state index is 11.9. The van der Waals surface area contributed by atoms with Gasteiger partial charge in [0.1, 0.15) is 0 Å². The van der Waals surface area contributed by atoms with Gasteiger partial charge in [-0.2, -0.15) is 0 Å². The molecule has 4 nitrogen and oxygen atoms in total. The van der Waals surface area contributed by atoms with E-state index in [2.05, 4.69) is 10.3 Å². The van der Waals surface area contributed by atoms with Crippen molar-refractivity contribution in [2.45, 2.75) is 45.1 Å². The lowest BCUT2D eigenvalue weighted by molar-refractivity contribution is -0.120. The van der Waals surface area contributed by atoms with Crippen LogP contribution in [-0.2, 0) is 11.2 Å². The number of carbonyl (C=O) groups excluding carboxylic acids is 1. The summed E-state index contributed by atoms with van der Waals surface area (Å²) in [6.45, 7) is 2.51. The molecule has 3 N–H and O–H groups in total. The smallest absolute Gasteiger partial charge is 0.225 e. The van der Waals surface area contributed by atoms with Crippen LogP contribution in [0.5, 0.6) is 0 Å². The molecule has 1 fully saturated rings. The Morgan fingerprint density at radius 1 is 1.53 bits per heavy atom. The molecule has 1 aromatic heterocycles. The van der Waals surface area contributed by atoms with Gasteiger partial charge in [-0.1, -0.05) is 12.8 Å². The van der Waals surface area contributed by atoms with Crippen LogP contribution in [0.3, 0.4) is 0 Å². The van der Waals surface area contributed by atoms with Crippen molar-refractivity contribution >= 4 is 29.5 Å². The molecule has 6 heteroatoms. The summed E-state index contributed by atoms with van der Waals surface area (Å²) >= 11 is 6.51. The second kappa shape index (κ2) is 6.63. The molecule has 1 saturated carbocycles. The number of aryl methyl sites for hydroxylation is 1. The van der Waals surface area contributed by atoms with Gasteiger partial charge in [0.25, 0.3) is 0 Å². The standard InChI is InChI=1S/C13H20N2O2S2/c1-8-11(19-13(18)15-8)6-12(17)14-7-9-4-2-3-5-10(9)16/h9-10,16H,2-7H2,1H3,(H,14,17)(H,15,18)/t9-,10+/m1/s1. The minimum Gasteiger partial charge on any atom is -0.393 e. The zero-order valence-electron chi connectivity index (χ0n) is 11.1. The zero-order chi connectivity index (χ0) is 13.8. The highest BCUT2D eigenvalue weighted by Crippen LogP contribution is 2.23. The topological polar surface area (TPSA) is 65.1 Å². The van der Waals surface area contributed by atoms with Crippen molar-refractivity contribution in [2.24, 2.45) is 5.92 Å².